The number of aliphatic carboxylic acids is 8. The van der Waals surface area contributed by atoms with Crippen LogP contribution in [0.4, 0.5) is 0 Å². The Morgan fingerprint density at radius 3 is 0.873 bits per heavy atom. The monoisotopic (exact) mass is 920 g/mol. The first-order valence-electron chi connectivity index (χ1n) is 18.4. The maximum Gasteiger partial charge on any atom is 1.00 e. The number of hydrazine groups is 2. The molecule has 31 heteroatoms. The Kier molecular flexibility index (Phi) is 32.7. The molecule has 352 valence electrons. The third-order valence-electron chi connectivity index (χ3n) is 7.88. The molecule has 0 aromatic carbocycles. The average Bonchev–Trinajstić information content (AvgIpc) is 3.12. The molecule has 13 N–H and O–H groups in total. The zero-order valence-corrected chi connectivity index (χ0v) is 36.6. The third-order valence-corrected chi connectivity index (χ3v) is 7.88. The van der Waals surface area contributed by atoms with Gasteiger partial charge in [-0.15, -0.1) is 0 Å². The first kappa shape index (κ1) is 59.9. The predicted octanol–water partition coefficient (Wildman–Crippen LogP) is -11.2. The minimum atomic E-state index is -1.33. The average molecular weight is 921 g/mol. The molecule has 0 aliphatic heterocycles. The normalized spacial score (nSPS) is 11.1. The van der Waals surface area contributed by atoms with Crippen LogP contribution in [0.25, 0.3) is 0 Å². The predicted molar refractivity (Wildman–Crippen MR) is 205 cm³/mol. The number of carbonyl (C=O) groups is 11. The van der Waals surface area contributed by atoms with Crippen LogP contribution in [0.1, 0.15) is 0 Å². The van der Waals surface area contributed by atoms with Crippen molar-refractivity contribution in [2.45, 2.75) is 0 Å². The van der Waals surface area contributed by atoms with E-state index in [4.69, 9.17) is 20.4 Å². The molecule has 0 fully saturated rings. The van der Waals surface area contributed by atoms with Gasteiger partial charge in [-0.2, -0.15) is 0 Å². The quantitative estimate of drug-likeness (QED) is 0.0155. The van der Waals surface area contributed by atoms with Gasteiger partial charge in [-0.3, -0.25) is 98.4 Å². The zero-order valence-electron chi connectivity index (χ0n) is 34.6. The minimum absolute atomic E-state index is 0. The van der Waals surface area contributed by atoms with Gasteiger partial charge in [0.1, 0.15) is 0 Å². The summed E-state index contributed by atoms with van der Waals surface area (Å²) in [6.45, 7) is -6.62. The molecule has 63 heavy (non-hydrogen) atoms. The number of hydrogen-bond acceptors (Lipinski definition) is 19. The number of rotatable bonds is 38. The molecule has 0 spiro atoms. The second-order valence-electron chi connectivity index (χ2n) is 13.3. The molecule has 0 unspecified atom stereocenters. The number of carboxylic acid groups (broad SMARTS) is 8. The maximum absolute atomic E-state index is 12.5. The van der Waals surface area contributed by atoms with Crippen LogP contribution in [0.15, 0.2) is 0 Å². The summed E-state index contributed by atoms with van der Waals surface area (Å²) >= 11 is 0. The Bertz CT molecular complexity index is 1510. The van der Waals surface area contributed by atoms with E-state index in [1.54, 1.807) is 0 Å². The van der Waals surface area contributed by atoms with E-state index in [0.717, 1.165) is 14.7 Å². The molecule has 0 radical (unpaired) electrons. The van der Waals surface area contributed by atoms with E-state index >= 15 is 0 Å². The molecule has 30 nitrogen and oxygen atoms in total. The van der Waals surface area contributed by atoms with Crippen molar-refractivity contribution in [1.29, 1.82) is 0 Å². The smallest absolute Gasteiger partial charge is 0.480 e. The van der Waals surface area contributed by atoms with Crippen LogP contribution in [-0.2, 0) is 52.7 Å². The summed E-state index contributed by atoms with van der Waals surface area (Å²) in [6.07, 6.45) is 0. The van der Waals surface area contributed by atoms with Gasteiger partial charge in [0, 0.05) is 65.4 Å². The van der Waals surface area contributed by atoms with E-state index in [-0.39, 0.29) is 102 Å². The fourth-order valence-corrected chi connectivity index (χ4v) is 5.25. The van der Waals surface area contributed by atoms with E-state index in [0.29, 0.717) is 0 Å². The number of carboxylic acids is 8. The van der Waals surface area contributed by atoms with Crippen LogP contribution in [0.5, 0.6) is 0 Å². The van der Waals surface area contributed by atoms with Crippen molar-refractivity contribution in [2.75, 3.05) is 137 Å². The number of carbonyl (C=O) groups excluding carboxylic acids is 3. The van der Waals surface area contributed by atoms with Gasteiger partial charge in [-0.05, 0) is 0 Å². The first-order valence-corrected chi connectivity index (χ1v) is 18.4. The van der Waals surface area contributed by atoms with Gasteiger partial charge in [-0.25, -0.2) is 5.43 Å². The second kappa shape index (κ2) is 34.3. The molecule has 0 aliphatic carbocycles. The third kappa shape index (κ3) is 36.1. The summed E-state index contributed by atoms with van der Waals surface area (Å²) < 4.78 is 0. The van der Waals surface area contributed by atoms with Gasteiger partial charge < -0.3 is 46.2 Å². The molecule has 0 saturated heterocycles. The van der Waals surface area contributed by atoms with Crippen LogP contribution in [-0.4, -0.2) is 273 Å². The molecule has 0 saturated carbocycles. The van der Waals surface area contributed by atoms with E-state index in [2.05, 4.69) is 27.0 Å². The van der Waals surface area contributed by atoms with Gasteiger partial charge in [0.15, 0.2) is 0 Å². The Balaban J connectivity index is 0. The first-order chi connectivity index (χ1) is 29.0. The molecule has 0 aliphatic rings. The SMILES string of the molecule is O=C(O)CN(CCNCC(=O)NNC(=O)CNNC(=O)CN(CCN(CCN(CC(=O)O)CC(=O)O)CC(=O)O)CC(=O)O)CCN(CCN(CC(=O)O)CC(=O)O)CC(=O)O.[Na+]. The summed E-state index contributed by atoms with van der Waals surface area (Å²) in [5.41, 5.74) is 8.60. The van der Waals surface area contributed by atoms with Crippen LogP contribution < -0.4 is 56.6 Å². The number of amides is 3. The topological polar surface area (TPSA) is 429 Å². The van der Waals surface area contributed by atoms with Gasteiger partial charge in [0.05, 0.1) is 72.0 Å². The van der Waals surface area contributed by atoms with Gasteiger partial charge in [0.25, 0.3) is 11.8 Å². The van der Waals surface area contributed by atoms with Crippen molar-refractivity contribution in [1.82, 2.24) is 56.4 Å². The van der Waals surface area contributed by atoms with Crippen molar-refractivity contribution in [3.63, 3.8) is 0 Å². The van der Waals surface area contributed by atoms with Crippen LogP contribution in [0, 0.1) is 0 Å². The van der Waals surface area contributed by atoms with Gasteiger partial charge >= 0.3 is 77.3 Å². The molecule has 0 aromatic heterocycles. The molecule has 0 atom stereocenters. The summed E-state index contributed by atoms with van der Waals surface area (Å²) in [6, 6.07) is 0. The maximum atomic E-state index is 12.5. The fraction of sp³-hybridized carbons (Fsp3) is 0.656. The molecule has 0 heterocycles. The molecular weight excluding hydrogens is 865 g/mol. The second-order valence-corrected chi connectivity index (χ2v) is 13.3. The summed E-state index contributed by atoms with van der Waals surface area (Å²) in [4.78, 5) is 134. The Morgan fingerprint density at radius 2 is 0.556 bits per heavy atom. The van der Waals surface area contributed by atoms with Gasteiger partial charge in [-0.1, -0.05) is 0 Å². The molecule has 0 bridgehead atoms. The molecular formula is C32H55N11NaO19+. The Hall–Kier alpha value is -5.15. The standard InChI is InChI=1S/C32H55N11O19.Na/c44-22(11-33-1-2-38(14-25(47)48)3-4-39(15-26(49)50)6-9-42(18-29(55)56)19-30(57)58)36-37-23(45)12-34-35-24(46)13-41(17-28(53)54)8-5-40(16-27(51)52)7-10-43(20-31(59)60)21-32(61)62;/h33-34H,1-21H2,(H,35,46)(H,36,44)(H,37,45)(H,47,48)(H,49,50)(H,51,52)(H,53,54)(H,55,56)(H,57,58)(H,59,60)(H,61,62);/q;+1. The summed E-state index contributed by atoms with van der Waals surface area (Å²) in [5, 5.41) is 75.9. The zero-order chi connectivity index (χ0) is 47.2. The number of hydrogen-bond donors (Lipinski definition) is 13. The largest absolute Gasteiger partial charge is 1.00 e. The van der Waals surface area contributed by atoms with Crippen molar-refractivity contribution >= 4 is 65.5 Å². The van der Waals surface area contributed by atoms with Crippen molar-refractivity contribution in [2.24, 2.45) is 0 Å². The number of nitrogens with zero attached hydrogens (tertiary/aromatic N) is 6. The molecule has 0 rings (SSSR count). The van der Waals surface area contributed by atoms with E-state index in [1.165, 1.54) is 14.7 Å². The Morgan fingerprint density at radius 1 is 0.302 bits per heavy atom. The van der Waals surface area contributed by atoms with E-state index in [9.17, 15) is 73.2 Å². The van der Waals surface area contributed by atoms with Crippen LogP contribution in [0.3, 0.4) is 0 Å². The molecule has 3 amide bonds. The summed E-state index contributed by atoms with van der Waals surface area (Å²) in [5.74, 6) is -12.6. The molecule has 0 aromatic rings. The van der Waals surface area contributed by atoms with Crippen molar-refractivity contribution in [3.05, 3.63) is 0 Å². The van der Waals surface area contributed by atoms with Gasteiger partial charge in [0.2, 0.25) is 5.91 Å². The fourth-order valence-electron chi connectivity index (χ4n) is 5.25. The number of nitrogens with one attached hydrogen (secondary N) is 5. The van der Waals surface area contributed by atoms with Crippen molar-refractivity contribution < 1.29 is 123 Å². The van der Waals surface area contributed by atoms with E-state index in [1.807, 2.05) is 0 Å². The Labute approximate surface area is 381 Å². The summed E-state index contributed by atoms with van der Waals surface area (Å²) in [7, 11) is 0. The van der Waals surface area contributed by atoms with E-state index < -0.39 is 131 Å². The van der Waals surface area contributed by atoms with Crippen LogP contribution in [0.2, 0.25) is 0 Å². The van der Waals surface area contributed by atoms with Crippen molar-refractivity contribution in [3.8, 4) is 0 Å². The van der Waals surface area contributed by atoms with Crippen LogP contribution >= 0.6 is 0 Å². The minimum Gasteiger partial charge on any atom is -0.480 e.